The van der Waals surface area contributed by atoms with Gasteiger partial charge in [-0.05, 0) is 12.1 Å². The number of aliphatic carboxylic acids is 1. The highest BCUT2D eigenvalue weighted by Gasteiger charge is 2.29. The number of benzene rings is 1. The number of terminal acetylenes is 1. The van der Waals surface area contributed by atoms with Crippen molar-refractivity contribution >= 4 is 17.6 Å². The highest BCUT2D eigenvalue weighted by molar-refractivity contribution is 5.87. The molecule has 1 aromatic rings. The number of carbonyl (C=O) groups is 2. The Morgan fingerprint density at radius 3 is 3.00 bits per heavy atom. The SMILES string of the molecule is C#CCC(NC(=O)C1CNc2ccccc2O1)C(=O)O. The molecule has 6 nitrogen and oxygen atoms in total. The van der Waals surface area contributed by atoms with E-state index in [9.17, 15) is 9.59 Å². The number of nitrogens with one attached hydrogen (secondary N) is 2. The number of ether oxygens (including phenoxy) is 1. The maximum atomic E-state index is 12.0. The maximum Gasteiger partial charge on any atom is 0.327 e. The van der Waals surface area contributed by atoms with Gasteiger partial charge in [0, 0.05) is 6.42 Å². The van der Waals surface area contributed by atoms with Gasteiger partial charge in [0.2, 0.25) is 0 Å². The van der Waals surface area contributed by atoms with E-state index in [-0.39, 0.29) is 13.0 Å². The molecule has 1 heterocycles. The Hall–Kier alpha value is -2.68. The quantitative estimate of drug-likeness (QED) is 0.694. The molecule has 2 unspecified atom stereocenters. The Bertz CT molecular complexity index is 565. The molecule has 0 bridgehead atoms. The van der Waals surface area contributed by atoms with Gasteiger partial charge in [0.1, 0.15) is 11.8 Å². The third kappa shape index (κ3) is 3.01. The number of fused-ring (bicyclic) bond motifs is 1. The van der Waals surface area contributed by atoms with Gasteiger partial charge in [-0.25, -0.2) is 4.79 Å². The lowest BCUT2D eigenvalue weighted by atomic mass is 10.2. The topological polar surface area (TPSA) is 87.7 Å². The van der Waals surface area contributed by atoms with Crippen LogP contribution in [0.2, 0.25) is 0 Å². The molecule has 0 spiro atoms. The van der Waals surface area contributed by atoms with E-state index in [1.807, 2.05) is 12.1 Å². The second kappa shape index (κ2) is 5.97. The van der Waals surface area contributed by atoms with Crippen molar-refractivity contribution in [3.05, 3.63) is 24.3 Å². The molecule has 1 amide bonds. The monoisotopic (exact) mass is 274 g/mol. The van der Waals surface area contributed by atoms with E-state index in [4.69, 9.17) is 16.3 Å². The smallest absolute Gasteiger partial charge is 0.327 e. The summed E-state index contributed by atoms with van der Waals surface area (Å²) in [7, 11) is 0. The fraction of sp³-hybridized carbons (Fsp3) is 0.286. The maximum absolute atomic E-state index is 12.0. The van der Waals surface area contributed by atoms with Gasteiger partial charge in [0.25, 0.3) is 5.91 Å². The number of carboxylic acid groups (broad SMARTS) is 1. The summed E-state index contributed by atoms with van der Waals surface area (Å²) in [5.41, 5.74) is 0.801. The van der Waals surface area contributed by atoms with Gasteiger partial charge in [0.05, 0.1) is 12.2 Å². The summed E-state index contributed by atoms with van der Waals surface area (Å²) in [6.07, 6.45) is 4.22. The lowest BCUT2D eigenvalue weighted by molar-refractivity contribution is -0.142. The standard InChI is InChI=1S/C14H14N2O4/c1-2-5-10(14(18)19)16-13(17)12-8-15-9-6-3-4-7-11(9)20-12/h1,3-4,6-7,10,12,15H,5,8H2,(H,16,17)(H,18,19). The van der Waals surface area contributed by atoms with Gasteiger partial charge < -0.3 is 20.5 Å². The Labute approximate surface area is 116 Å². The van der Waals surface area contributed by atoms with E-state index in [0.717, 1.165) is 5.69 Å². The number of anilines is 1. The third-order valence-electron chi connectivity index (χ3n) is 2.86. The molecule has 6 heteroatoms. The Morgan fingerprint density at radius 1 is 1.55 bits per heavy atom. The summed E-state index contributed by atoms with van der Waals surface area (Å²) in [6.45, 7) is 0.269. The highest BCUT2D eigenvalue weighted by Crippen LogP contribution is 2.28. The van der Waals surface area contributed by atoms with Crippen molar-refractivity contribution in [2.75, 3.05) is 11.9 Å². The molecule has 0 saturated heterocycles. The molecule has 1 aliphatic heterocycles. The van der Waals surface area contributed by atoms with Crippen molar-refractivity contribution in [1.82, 2.24) is 5.32 Å². The van der Waals surface area contributed by atoms with Crippen LogP contribution in [-0.4, -0.2) is 35.7 Å². The lowest BCUT2D eigenvalue weighted by Gasteiger charge is -2.27. The molecule has 0 radical (unpaired) electrons. The largest absolute Gasteiger partial charge is 0.480 e. The molecule has 0 aliphatic carbocycles. The molecule has 104 valence electrons. The molecule has 0 saturated carbocycles. The van der Waals surface area contributed by atoms with Gasteiger partial charge in [-0.3, -0.25) is 4.79 Å². The molecular weight excluding hydrogens is 260 g/mol. The molecule has 2 atom stereocenters. The molecule has 2 rings (SSSR count). The summed E-state index contributed by atoms with van der Waals surface area (Å²) < 4.78 is 5.53. The zero-order valence-corrected chi connectivity index (χ0v) is 10.6. The Balaban J connectivity index is 2.01. The number of carboxylic acids is 1. The fourth-order valence-corrected chi connectivity index (χ4v) is 1.84. The van der Waals surface area contributed by atoms with Crippen molar-refractivity contribution in [2.24, 2.45) is 0 Å². The van der Waals surface area contributed by atoms with Crippen molar-refractivity contribution in [2.45, 2.75) is 18.6 Å². The van der Waals surface area contributed by atoms with Crippen LogP contribution in [0.1, 0.15) is 6.42 Å². The summed E-state index contributed by atoms with van der Waals surface area (Å²) in [6, 6.07) is 6.11. The zero-order chi connectivity index (χ0) is 14.5. The first-order valence-electron chi connectivity index (χ1n) is 6.08. The summed E-state index contributed by atoms with van der Waals surface area (Å²) >= 11 is 0. The first-order valence-corrected chi connectivity index (χ1v) is 6.08. The van der Waals surface area contributed by atoms with Gasteiger partial charge in [-0.2, -0.15) is 0 Å². The predicted octanol–water partition coefficient (Wildman–Crippen LogP) is 0.452. The van der Waals surface area contributed by atoms with E-state index in [1.54, 1.807) is 12.1 Å². The van der Waals surface area contributed by atoms with E-state index < -0.39 is 24.0 Å². The van der Waals surface area contributed by atoms with Crippen LogP contribution in [0.15, 0.2) is 24.3 Å². The number of hydrogen-bond donors (Lipinski definition) is 3. The van der Waals surface area contributed by atoms with Crippen molar-refractivity contribution in [3.8, 4) is 18.1 Å². The first-order chi connectivity index (χ1) is 9.61. The Morgan fingerprint density at radius 2 is 2.30 bits per heavy atom. The van der Waals surface area contributed by atoms with E-state index in [2.05, 4.69) is 16.6 Å². The zero-order valence-electron chi connectivity index (χ0n) is 10.6. The van der Waals surface area contributed by atoms with Crippen LogP contribution >= 0.6 is 0 Å². The lowest BCUT2D eigenvalue weighted by Crippen LogP contribution is -2.50. The van der Waals surface area contributed by atoms with Gasteiger partial charge >= 0.3 is 5.97 Å². The number of rotatable bonds is 4. The molecule has 1 aliphatic rings. The van der Waals surface area contributed by atoms with Crippen LogP contribution < -0.4 is 15.4 Å². The van der Waals surface area contributed by atoms with Crippen LogP contribution in [0.5, 0.6) is 5.75 Å². The van der Waals surface area contributed by atoms with Gasteiger partial charge in [-0.1, -0.05) is 12.1 Å². The molecule has 0 aromatic heterocycles. The van der Waals surface area contributed by atoms with Crippen molar-refractivity contribution < 1.29 is 19.4 Å². The molecule has 20 heavy (non-hydrogen) atoms. The third-order valence-corrected chi connectivity index (χ3v) is 2.86. The molecule has 1 aromatic carbocycles. The van der Waals surface area contributed by atoms with Crippen LogP contribution in [-0.2, 0) is 9.59 Å². The fourth-order valence-electron chi connectivity index (χ4n) is 1.84. The average Bonchev–Trinajstić information content (AvgIpc) is 2.46. The van der Waals surface area contributed by atoms with Gasteiger partial charge in [-0.15, -0.1) is 12.3 Å². The minimum absolute atomic E-state index is 0.0716. The van der Waals surface area contributed by atoms with Crippen LogP contribution in [0.3, 0.4) is 0 Å². The summed E-state index contributed by atoms with van der Waals surface area (Å²) in [5.74, 6) is 1.11. The first kappa shape index (κ1) is 13.7. The van der Waals surface area contributed by atoms with Crippen molar-refractivity contribution in [3.63, 3.8) is 0 Å². The molecule has 3 N–H and O–H groups in total. The Kier molecular flexibility index (Phi) is 4.11. The minimum Gasteiger partial charge on any atom is -0.480 e. The minimum atomic E-state index is -1.17. The highest BCUT2D eigenvalue weighted by atomic mass is 16.5. The normalized spacial score (nSPS) is 17.6. The number of hydrogen-bond acceptors (Lipinski definition) is 4. The van der Waals surface area contributed by atoms with E-state index in [1.165, 1.54) is 0 Å². The van der Waals surface area contributed by atoms with Crippen LogP contribution in [0.4, 0.5) is 5.69 Å². The second-order valence-corrected chi connectivity index (χ2v) is 4.29. The average molecular weight is 274 g/mol. The summed E-state index contributed by atoms with van der Waals surface area (Å²) in [5, 5.41) is 14.4. The number of carbonyl (C=O) groups excluding carboxylic acids is 1. The van der Waals surface area contributed by atoms with Crippen LogP contribution in [0, 0.1) is 12.3 Å². The predicted molar refractivity (Wildman–Crippen MR) is 72.4 cm³/mol. The number of para-hydroxylation sites is 2. The second-order valence-electron chi connectivity index (χ2n) is 4.29. The number of amides is 1. The van der Waals surface area contributed by atoms with Crippen LogP contribution in [0.25, 0.3) is 0 Å². The van der Waals surface area contributed by atoms with Gasteiger partial charge in [0.15, 0.2) is 6.10 Å². The van der Waals surface area contributed by atoms with E-state index >= 15 is 0 Å². The summed E-state index contributed by atoms with van der Waals surface area (Å²) in [4.78, 5) is 22.9. The molecule has 0 fully saturated rings. The van der Waals surface area contributed by atoms with Crippen molar-refractivity contribution in [1.29, 1.82) is 0 Å². The molecular formula is C14H14N2O4. The van der Waals surface area contributed by atoms with E-state index in [0.29, 0.717) is 5.75 Å².